The van der Waals surface area contributed by atoms with Gasteiger partial charge in [0, 0.05) is 7.11 Å². The summed E-state index contributed by atoms with van der Waals surface area (Å²) in [5.74, 6) is 4.12. The maximum atomic E-state index is 5.64. The highest BCUT2D eigenvalue weighted by atomic mass is 16.5. The molecule has 0 saturated heterocycles. The molecule has 0 spiro atoms. The van der Waals surface area contributed by atoms with Crippen molar-refractivity contribution in [1.82, 2.24) is 0 Å². The summed E-state index contributed by atoms with van der Waals surface area (Å²) in [7, 11) is 1.88. The minimum absolute atomic E-state index is 0.480. The first-order valence-corrected chi connectivity index (χ1v) is 9.86. The fraction of sp³-hybridized carbons (Fsp3) is 0.905. The SMILES string of the molecule is CCCCC1CCC(C=CC2CCC(OC)C(C)C2C)CC1. The molecule has 22 heavy (non-hydrogen) atoms. The second kappa shape index (κ2) is 9.11. The van der Waals surface area contributed by atoms with Crippen LogP contribution in [-0.2, 0) is 4.74 Å². The van der Waals surface area contributed by atoms with E-state index < -0.39 is 0 Å². The largest absolute Gasteiger partial charge is 0.381 e. The van der Waals surface area contributed by atoms with Gasteiger partial charge in [0.1, 0.15) is 0 Å². The van der Waals surface area contributed by atoms with Crippen molar-refractivity contribution in [3.05, 3.63) is 12.2 Å². The normalized spacial score (nSPS) is 40.2. The summed E-state index contributed by atoms with van der Waals surface area (Å²) in [5.41, 5.74) is 0. The fourth-order valence-corrected chi connectivity index (χ4v) is 4.68. The molecule has 0 bridgehead atoms. The van der Waals surface area contributed by atoms with Gasteiger partial charge in [0.25, 0.3) is 0 Å². The summed E-state index contributed by atoms with van der Waals surface area (Å²) < 4.78 is 5.64. The second-order valence-electron chi connectivity index (χ2n) is 8.04. The van der Waals surface area contributed by atoms with E-state index in [0.717, 1.165) is 23.7 Å². The lowest BCUT2D eigenvalue weighted by molar-refractivity contribution is -0.00576. The van der Waals surface area contributed by atoms with Crippen molar-refractivity contribution in [1.29, 1.82) is 0 Å². The first-order valence-electron chi connectivity index (χ1n) is 9.86. The van der Waals surface area contributed by atoms with Crippen LogP contribution in [0.15, 0.2) is 12.2 Å². The van der Waals surface area contributed by atoms with Crippen molar-refractivity contribution >= 4 is 0 Å². The van der Waals surface area contributed by atoms with Gasteiger partial charge in [0.05, 0.1) is 6.10 Å². The number of ether oxygens (including phenoxy) is 1. The standard InChI is InChI=1S/C21H38O/c1-5-6-7-18-8-10-19(11-9-18)12-13-20-14-15-21(22-4)17(3)16(20)2/h12-13,16-21H,5-11,14-15H2,1-4H3. The molecule has 0 aromatic heterocycles. The molecule has 2 aliphatic carbocycles. The van der Waals surface area contributed by atoms with E-state index in [1.165, 1.54) is 57.8 Å². The van der Waals surface area contributed by atoms with Crippen molar-refractivity contribution in [2.24, 2.45) is 29.6 Å². The van der Waals surface area contributed by atoms with Crippen molar-refractivity contribution in [3.63, 3.8) is 0 Å². The predicted molar refractivity (Wildman–Crippen MR) is 96.0 cm³/mol. The minimum Gasteiger partial charge on any atom is -0.381 e. The molecule has 1 nitrogen and oxygen atoms in total. The number of unbranched alkanes of at least 4 members (excludes halogenated alkanes) is 1. The lowest BCUT2D eigenvalue weighted by Gasteiger charge is -2.38. The number of methoxy groups -OCH3 is 1. The third-order valence-corrected chi connectivity index (χ3v) is 6.67. The summed E-state index contributed by atoms with van der Waals surface area (Å²) in [6, 6.07) is 0. The molecule has 0 heterocycles. The van der Waals surface area contributed by atoms with Crippen LogP contribution in [0.1, 0.15) is 78.6 Å². The van der Waals surface area contributed by atoms with Gasteiger partial charge in [-0.05, 0) is 68.1 Å². The Kier molecular flexibility index (Phi) is 7.47. The summed E-state index contributed by atoms with van der Waals surface area (Å²) in [4.78, 5) is 0. The molecule has 2 fully saturated rings. The van der Waals surface area contributed by atoms with Crippen molar-refractivity contribution in [3.8, 4) is 0 Å². The van der Waals surface area contributed by atoms with Crippen molar-refractivity contribution in [2.75, 3.05) is 7.11 Å². The third-order valence-electron chi connectivity index (χ3n) is 6.67. The Morgan fingerprint density at radius 2 is 1.64 bits per heavy atom. The molecule has 0 aromatic rings. The van der Waals surface area contributed by atoms with Crippen LogP contribution < -0.4 is 0 Å². The van der Waals surface area contributed by atoms with Gasteiger partial charge in [-0.15, -0.1) is 0 Å². The highest BCUT2D eigenvalue weighted by Gasteiger charge is 2.32. The smallest absolute Gasteiger partial charge is 0.0599 e. The van der Waals surface area contributed by atoms with Crippen LogP contribution in [0.5, 0.6) is 0 Å². The molecular weight excluding hydrogens is 268 g/mol. The van der Waals surface area contributed by atoms with Gasteiger partial charge < -0.3 is 4.74 Å². The van der Waals surface area contributed by atoms with Crippen LogP contribution in [-0.4, -0.2) is 13.2 Å². The van der Waals surface area contributed by atoms with Gasteiger partial charge >= 0.3 is 0 Å². The van der Waals surface area contributed by atoms with E-state index >= 15 is 0 Å². The Bertz CT molecular complexity index is 327. The Balaban J connectivity index is 1.76. The zero-order valence-electron chi connectivity index (χ0n) is 15.4. The fourth-order valence-electron chi connectivity index (χ4n) is 4.68. The molecule has 0 radical (unpaired) electrons. The molecule has 1 heteroatoms. The molecule has 4 atom stereocenters. The second-order valence-corrected chi connectivity index (χ2v) is 8.04. The molecule has 128 valence electrons. The zero-order chi connectivity index (χ0) is 15.9. The molecule has 2 rings (SSSR count). The first kappa shape index (κ1) is 18.0. The van der Waals surface area contributed by atoms with E-state index in [2.05, 4.69) is 32.9 Å². The van der Waals surface area contributed by atoms with Gasteiger partial charge in [-0.2, -0.15) is 0 Å². The molecule has 0 N–H and O–H groups in total. The highest BCUT2D eigenvalue weighted by Crippen LogP contribution is 2.38. The summed E-state index contributed by atoms with van der Waals surface area (Å²) in [6.07, 6.45) is 18.3. The van der Waals surface area contributed by atoms with E-state index in [1.807, 2.05) is 7.11 Å². The molecule has 4 unspecified atom stereocenters. The van der Waals surface area contributed by atoms with Gasteiger partial charge in [-0.1, -0.05) is 52.2 Å². The zero-order valence-corrected chi connectivity index (χ0v) is 15.4. The summed E-state index contributed by atoms with van der Waals surface area (Å²) >= 11 is 0. The highest BCUT2D eigenvalue weighted by molar-refractivity contribution is 4.99. The molecular formula is C21H38O. The molecule has 0 aliphatic heterocycles. The summed E-state index contributed by atoms with van der Waals surface area (Å²) in [6.45, 7) is 7.11. The average Bonchev–Trinajstić information content (AvgIpc) is 2.55. The minimum atomic E-state index is 0.480. The quantitative estimate of drug-likeness (QED) is 0.528. The van der Waals surface area contributed by atoms with Crippen LogP contribution in [0.4, 0.5) is 0 Å². The Labute approximate surface area is 138 Å². The first-order chi connectivity index (χ1) is 10.7. The number of rotatable bonds is 6. The molecule has 0 amide bonds. The van der Waals surface area contributed by atoms with E-state index in [9.17, 15) is 0 Å². The number of hydrogen-bond acceptors (Lipinski definition) is 1. The summed E-state index contributed by atoms with van der Waals surface area (Å²) in [5, 5.41) is 0. The predicted octanol–water partition coefficient (Wildman–Crippen LogP) is 6.24. The Morgan fingerprint density at radius 1 is 0.909 bits per heavy atom. The van der Waals surface area contributed by atoms with Crippen LogP contribution in [0.2, 0.25) is 0 Å². The molecule has 2 aliphatic rings. The van der Waals surface area contributed by atoms with Gasteiger partial charge in [-0.25, -0.2) is 0 Å². The van der Waals surface area contributed by atoms with Crippen LogP contribution in [0.25, 0.3) is 0 Å². The van der Waals surface area contributed by atoms with E-state index in [-0.39, 0.29) is 0 Å². The van der Waals surface area contributed by atoms with Gasteiger partial charge in [-0.3, -0.25) is 0 Å². The molecule has 0 aromatic carbocycles. The van der Waals surface area contributed by atoms with E-state index in [4.69, 9.17) is 4.74 Å². The monoisotopic (exact) mass is 306 g/mol. The maximum absolute atomic E-state index is 5.64. The van der Waals surface area contributed by atoms with Gasteiger partial charge in [0.2, 0.25) is 0 Å². The van der Waals surface area contributed by atoms with E-state index in [1.54, 1.807) is 0 Å². The lowest BCUT2D eigenvalue weighted by atomic mass is 9.71. The van der Waals surface area contributed by atoms with E-state index in [0.29, 0.717) is 12.0 Å². The third kappa shape index (κ3) is 4.85. The lowest BCUT2D eigenvalue weighted by Crippen LogP contribution is -2.35. The topological polar surface area (TPSA) is 9.23 Å². The number of hydrogen-bond donors (Lipinski definition) is 0. The van der Waals surface area contributed by atoms with Crippen molar-refractivity contribution in [2.45, 2.75) is 84.7 Å². The maximum Gasteiger partial charge on any atom is 0.0599 e. The number of allylic oxidation sites excluding steroid dienone is 2. The van der Waals surface area contributed by atoms with Crippen molar-refractivity contribution < 1.29 is 4.74 Å². The Morgan fingerprint density at radius 3 is 2.27 bits per heavy atom. The Hall–Kier alpha value is -0.300. The van der Waals surface area contributed by atoms with Crippen LogP contribution in [0, 0.1) is 29.6 Å². The average molecular weight is 307 g/mol. The van der Waals surface area contributed by atoms with Gasteiger partial charge in [0.15, 0.2) is 0 Å². The van der Waals surface area contributed by atoms with Crippen LogP contribution >= 0.6 is 0 Å². The van der Waals surface area contributed by atoms with Crippen LogP contribution in [0.3, 0.4) is 0 Å². The molecule has 2 saturated carbocycles.